The van der Waals surface area contributed by atoms with E-state index in [1.165, 1.54) is 6.92 Å². The number of halogens is 3. The summed E-state index contributed by atoms with van der Waals surface area (Å²) in [4.78, 5) is 10.9. The van der Waals surface area contributed by atoms with E-state index in [4.69, 9.17) is 21.4 Å². The first-order valence-electron chi connectivity index (χ1n) is 8.89. The Balaban J connectivity index is 1.81. The van der Waals surface area contributed by atoms with Crippen LogP contribution in [-0.4, -0.2) is 20.9 Å². The molecule has 152 valence electrons. The number of carboxylic acids is 1. The van der Waals surface area contributed by atoms with Crippen LogP contribution >= 0.6 is 11.6 Å². The minimum Gasteiger partial charge on any atom is -0.481 e. The Morgan fingerprint density at radius 1 is 1.24 bits per heavy atom. The first kappa shape index (κ1) is 20.8. The molecule has 3 aromatic rings. The molecule has 3 rings (SSSR count). The molecule has 0 bridgehead atoms. The zero-order chi connectivity index (χ0) is 21.1. The van der Waals surface area contributed by atoms with Crippen LogP contribution in [0.3, 0.4) is 0 Å². The summed E-state index contributed by atoms with van der Waals surface area (Å²) in [6, 6.07) is 11.0. The van der Waals surface area contributed by atoms with Crippen LogP contribution in [0.5, 0.6) is 5.75 Å². The molecule has 1 atom stereocenters. The minimum atomic E-state index is -1.03. The Morgan fingerprint density at radius 2 is 1.93 bits per heavy atom. The highest BCUT2D eigenvalue weighted by Crippen LogP contribution is 2.26. The number of aryl methyl sites for hydroxylation is 1. The van der Waals surface area contributed by atoms with Gasteiger partial charge in [-0.05, 0) is 55.3 Å². The van der Waals surface area contributed by atoms with Crippen molar-refractivity contribution in [3.8, 4) is 11.4 Å². The van der Waals surface area contributed by atoms with Crippen molar-refractivity contribution in [2.24, 2.45) is 5.92 Å². The number of carbonyl (C=O) groups is 1. The summed E-state index contributed by atoms with van der Waals surface area (Å²) in [5, 5.41) is 13.9. The normalized spacial score (nSPS) is 12.0. The van der Waals surface area contributed by atoms with Gasteiger partial charge in [-0.2, -0.15) is 5.10 Å². The second-order valence-corrected chi connectivity index (χ2v) is 7.23. The van der Waals surface area contributed by atoms with Crippen LogP contribution in [-0.2, 0) is 17.8 Å². The summed E-state index contributed by atoms with van der Waals surface area (Å²) < 4.78 is 35.8. The van der Waals surface area contributed by atoms with Crippen molar-refractivity contribution >= 4 is 17.6 Å². The van der Waals surface area contributed by atoms with Crippen LogP contribution in [0.15, 0.2) is 42.5 Å². The number of aromatic nitrogens is 2. The van der Waals surface area contributed by atoms with Crippen molar-refractivity contribution in [1.29, 1.82) is 0 Å². The smallest absolute Gasteiger partial charge is 0.306 e. The van der Waals surface area contributed by atoms with E-state index in [9.17, 15) is 13.6 Å². The van der Waals surface area contributed by atoms with Gasteiger partial charge in [0.1, 0.15) is 6.61 Å². The van der Waals surface area contributed by atoms with Crippen molar-refractivity contribution < 1.29 is 23.4 Å². The van der Waals surface area contributed by atoms with Crippen LogP contribution in [0.4, 0.5) is 8.78 Å². The Morgan fingerprint density at radius 3 is 2.55 bits per heavy atom. The molecule has 0 saturated carbocycles. The maximum atomic E-state index is 14.4. The Labute approximate surface area is 171 Å². The van der Waals surface area contributed by atoms with E-state index in [1.807, 2.05) is 0 Å². The standard InChI is InChI=1S/C21H19ClF2N2O3/c1-12(21(27)28)6-14-8-18(23)20(19(24)9-14)29-11-17-7-13(2)25-26(17)16-5-3-4-15(22)10-16/h3-5,7-10,12H,6,11H2,1-2H3,(H,27,28). The number of nitrogens with zero attached hydrogens (tertiary/aromatic N) is 2. The molecule has 5 nitrogen and oxygen atoms in total. The van der Waals surface area contributed by atoms with Gasteiger partial charge in [0.05, 0.1) is 23.0 Å². The molecule has 29 heavy (non-hydrogen) atoms. The Bertz CT molecular complexity index is 1030. The van der Waals surface area contributed by atoms with E-state index in [1.54, 1.807) is 41.9 Å². The Kier molecular flexibility index (Phi) is 6.17. The molecule has 8 heteroatoms. The van der Waals surface area contributed by atoms with Gasteiger partial charge in [-0.3, -0.25) is 4.79 Å². The average Bonchev–Trinajstić information content (AvgIpc) is 3.01. The maximum absolute atomic E-state index is 14.4. The number of ether oxygens (including phenoxy) is 1. The highest BCUT2D eigenvalue weighted by molar-refractivity contribution is 6.30. The lowest BCUT2D eigenvalue weighted by Gasteiger charge is -2.13. The summed E-state index contributed by atoms with van der Waals surface area (Å²) in [6.07, 6.45) is 0.0180. The topological polar surface area (TPSA) is 64.3 Å². The summed E-state index contributed by atoms with van der Waals surface area (Å²) in [7, 11) is 0. The predicted molar refractivity (Wildman–Crippen MR) is 105 cm³/mol. The molecule has 0 saturated heterocycles. The Hall–Kier alpha value is -2.93. The third kappa shape index (κ3) is 4.92. The van der Waals surface area contributed by atoms with E-state index in [0.717, 1.165) is 12.1 Å². The summed E-state index contributed by atoms with van der Waals surface area (Å²) in [5.41, 5.74) is 2.25. The number of rotatable bonds is 7. The van der Waals surface area contributed by atoms with Crippen molar-refractivity contribution in [3.63, 3.8) is 0 Å². The molecule has 0 spiro atoms. The fraction of sp³-hybridized carbons (Fsp3) is 0.238. The molecule has 0 aliphatic heterocycles. The second-order valence-electron chi connectivity index (χ2n) is 6.79. The monoisotopic (exact) mass is 420 g/mol. The predicted octanol–water partition coefficient (Wildman–Crippen LogP) is 4.95. The van der Waals surface area contributed by atoms with Gasteiger partial charge in [-0.15, -0.1) is 0 Å². The van der Waals surface area contributed by atoms with E-state index in [-0.39, 0.29) is 18.6 Å². The molecule has 0 radical (unpaired) electrons. The average molecular weight is 421 g/mol. The molecule has 0 fully saturated rings. The summed E-state index contributed by atoms with van der Waals surface area (Å²) in [6.45, 7) is 3.15. The third-order valence-corrected chi connectivity index (χ3v) is 4.58. The first-order valence-corrected chi connectivity index (χ1v) is 9.27. The number of carboxylic acid groups (broad SMARTS) is 1. The first-order chi connectivity index (χ1) is 13.7. The molecular formula is C21H19ClF2N2O3. The van der Waals surface area contributed by atoms with Gasteiger partial charge in [0, 0.05) is 5.02 Å². The largest absolute Gasteiger partial charge is 0.481 e. The van der Waals surface area contributed by atoms with Crippen molar-refractivity contribution in [2.45, 2.75) is 26.9 Å². The van der Waals surface area contributed by atoms with Gasteiger partial charge in [0.2, 0.25) is 0 Å². The quantitative estimate of drug-likeness (QED) is 0.587. The summed E-state index contributed by atoms with van der Waals surface area (Å²) >= 11 is 6.03. The SMILES string of the molecule is Cc1cc(COc2c(F)cc(CC(C)C(=O)O)cc2F)n(-c2cccc(Cl)c2)n1. The molecule has 0 aliphatic rings. The van der Waals surface area contributed by atoms with Crippen molar-refractivity contribution in [2.75, 3.05) is 0 Å². The lowest BCUT2D eigenvalue weighted by molar-refractivity contribution is -0.141. The van der Waals surface area contributed by atoms with Crippen molar-refractivity contribution in [3.05, 3.63) is 76.1 Å². The lowest BCUT2D eigenvalue weighted by Crippen LogP contribution is -2.13. The van der Waals surface area contributed by atoms with Crippen LogP contribution in [0.2, 0.25) is 5.02 Å². The van der Waals surface area contributed by atoms with Crippen LogP contribution in [0.25, 0.3) is 5.69 Å². The zero-order valence-corrected chi connectivity index (χ0v) is 16.6. The van der Waals surface area contributed by atoms with E-state index in [0.29, 0.717) is 22.1 Å². The number of benzene rings is 2. The van der Waals surface area contributed by atoms with Gasteiger partial charge >= 0.3 is 5.97 Å². The van der Waals surface area contributed by atoms with Gasteiger partial charge in [-0.25, -0.2) is 13.5 Å². The summed E-state index contributed by atoms with van der Waals surface area (Å²) in [5.74, 6) is -4.08. The molecule has 1 unspecified atom stereocenters. The second kappa shape index (κ2) is 8.61. The molecule has 1 aromatic heterocycles. The van der Waals surface area contributed by atoms with Crippen LogP contribution in [0, 0.1) is 24.5 Å². The molecule has 1 N–H and O–H groups in total. The van der Waals surface area contributed by atoms with E-state index >= 15 is 0 Å². The number of aliphatic carboxylic acids is 1. The highest BCUT2D eigenvalue weighted by atomic mass is 35.5. The van der Waals surface area contributed by atoms with Crippen LogP contribution in [0.1, 0.15) is 23.9 Å². The molecule has 0 aliphatic carbocycles. The van der Waals surface area contributed by atoms with E-state index < -0.39 is 29.3 Å². The molecular weight excluding hydrogens is 402 g/mol. The third-order valence-electron chi connectivity index (χ3n) is 4.34. The minimum absolute atomic E-state index is 0.0180. The molecule has 1 heterocycles. The fourth-order valence-electron chi connectivity index (χ4n) is 2.94. The maximum Gasteiger partial charge on any atom is 0.306 e. The molecule has 2 aromatic carbocycles. The van der Waals surface area contributed by atoms with Gasteiger partial charge in [-0.1, -0.05) is 24.6 Å². The fourth-order valence-corrected chi connectivity index (χ4v) is 3.13. The number of hydrogen-bond donors (Lipinski definition) is 1. The van der Waals surface area contributed by atoms with Crippen LogP contribution < -0.4 is 4.74 Å². The van der Waals surface area contributed by atoms with Crippen molar-refractivity contribution in [1.82, 2.24) is 9.78 Å². The van der Waals surface area contributed by atoms with E-state index in [2.05, 4.69) is 5.10 Å². The van der Waals surface area contributed by atoms with Gasteiger partial charge in [0.25, 0.3) is 0 Å². The zero-order valence-electron chi connectivity index (χ0n) is 15.8. The lowest BCUT2D eigenvalue weighted by atomic mass is 10.0. The number of hydrogen-bond acceptors (Lipinski definition) is 3. The highest BCUT2D eigenvalue weighted by Gasteiger charge is 2.18. The molecule has 0 amide bonds. The van der Waals surface area contributed by atoms with Gasteiger partial charge in [0.15, 0.2) is 17.4 Å². The van der Waals surface area contributed by atoms with Gasteiger partial charge < -0.3 is 9.84 Å².